The van der Waals surface area contributed by atoms with Gasteiger partial charge in [0.2, 0.25) is 0 Å². The first-order valence-electron chi connectivity index (χ1n) is 6.20. The van der Waals surface area contributed by atoms with Crippen molar-refractivity contribution in [2.75, 3.05) is 13.7 Å². The number of benzene rings is 1. The van der Waals surface area contributed by atoms with Crippen LogP contribution in [0.5, 0.6) is 5.75 Å². The van der Waals surface area contributed by atoms with Crippen LogP contribution >= 0.6 is 0 Å². The fourth-order valence-corrected chi connectivity index (χ4v) is 1.80. The molecular formula is C14H16FN3O2. The molecule has 2 rings (SSSR count). The molecule has 0 spiro atoms. The van der Waals surface area contributed by atoms with E-state index in [1.54, 1.807) is 10.7 Å². The van der Waals surface area contributed by atoms with Crippen molar-refractivity contribution in [2.45, 2.75) is 6.42 Å². The second-order valence-electron chi connectivity index (χ2n) is 4.33. The summed E-state index contributed by atoms with van der Waals surface area (Å²) in [5.41, 5.74) is 0.884. The summed E-state index contributed by atoms with van der Waals surface area (Å²) in [5, 5.41) is 6.86. The van der Waals surface area contributed by atoms with E-state index in [4.69, 9.17) is 4.74 Å². The Bertz CT molecular complexity index is 610. The Hall–Kier alpha value is -2.37. The van der Waals surface area contributed by atoms with Crippen LogP contribution in [-0.4, -0.2) is 29.3 Å². The van der Waals surface area contributed by atoms with Crippen LogP contribution in [0.2, 0.25) is 0 Å². The van der Waals surface area contributed by atoms with Crippen molar-refractivity contribution in [3.05, 3.63) is 47.5 Å². The highest BCUT2D eigenvalue weighted by Gasteiger charge is 2.12. The van der Waals surface area contributed by atoms with Crippen molar-refractivity contribution in [2.24, 2.45) is 7.05 Å². The maximum Gasteiger partial charge on any atom is 0.254 e. The van der Waals surface area contributed by atoms with Gasteiger partial charge in [0.25, 0.3) is 5.91 Å². The highest BCUT2D eigenvalue weighted by molar-refractivity contribution is 5.94. The van der Waals surface area contributed by atoms with Crippen molar-refractivity contribution >= 4 is 5.91 Å². The van der Waals surface area contributed by atoms with E-state index in [1.165, 1.54) is 19.2 Å². The van der Waals surface area contributed by atoms with E-state index in [1.807, 2.05) is 19.3 Å². The summed E-state index contributed by atoms with van der Waals surface area (Å²) in [6.07, 6.45) is 2.44. The van der Waals surface area contributed by atoms with Crippen molar-refractivity contribution < 1.29 is 13.9 Å². The largest absolute Gasteiger partial charge is 0.497 e. The molecule has 1 aromatic heterocycles. The summed E-state index contributed by atoms with van der Waals surface area (Å²) < 4.78 is 20.3. The average Bonchev–Trinajstić information content (AvgIpc) is 2.84. The second kappa shape index (κ2) is 6.18. The van der Waals surface area contributed by atoms with Crippen molar-refractivity contribution in [3.63, 3.8) is 0 Å². The molecule has 0 saturated heterocycles. The van der Waals surface area contributed by atoms with Crippen molar-refractivity contribution in [1.29, 1.82) is 0 Å². The molecule has 0 aliphatic heterocycles. The number of hydrogen-bond acceptors (Lipinski definition) is 3. The first-order valence-corrected chi connectivity index (χ1v) is 6.20. The zero-order valence-corrected chi connectivity index (χ0v) is 11.4. The lowest BCUT2D eigenvalue weighted by Gasteiger charge is -2.06. The standard InChI is InChI=1S/C14H16FN3O2/c1-18-8-6-10(17-18)5-7-16-14(19)12-4-3-11(20-2)9-13(12)15/h3-4,6,8-9H,5,7H2,1-2H3,(H,16,19). The molecule has 0 aliphatic rings. The number of nitrogens with one attached hydrogen (secondary N) is 1. The zero-order valence-electron chi connectivity index (χ0n) is 11.4. The monoisotopic (exact) mass is 277 g/mol. The van der Waals surface area contributed by atoms with Gasteiger partial charge in [0, 0.05) is 32.3 Å². The lowest BCUT2D eigenvalue weighted by Crippen LogP contribution is -2.26. The molecule has 0 fully saturated rings. The molecule has 0 bridgehead atoms. The molecule has 0 unspecified atom stereocenters. The SMILES string of the molecule is COc1ccc(C(=O)NCCc2ccn(C)n2)c(F)c1. The summed E-state index contributed by atoms with van der Waals surface area (Å²) in [5.74, 6) is -0.659. The summed E-state index contributed by atoms with van der Waals surface area (Å²) >= 11 is 0. The van der Waals surface area contributed by atoms with E-state index in [2.05, 4.69) is 10.4 Å². The van der Waals surface area contributed by atoms with Crippen LogP contribution in [-0.2, 0) is 13.5 Å². The van der Waals surface area contributed by atoms with Crippen LogP contribution in [0.3, 0.4) is 0 Å². The Morgan fingerprint density at radius 2 is 2.25 bits per heavy atom. The van der Waals surface area contributed by atoms with E-state index >= 15 is 0 Å². The number of rotatable bonds is 5. The van der Waals surface area contributed by atoms with Gasteiger partial charge in [-0.25, -0.2) is 4.39 Å². The third kappa shape index (κ3) is 3.34. The van der Waals surface area contributed by atoms with Gasteiger partial charge in [0.1, 0.15) is 11.6 Å². The molecule has 5 nitrogen and oxygen atoms in total. The van der Waals surface area contributed by atoms with Gasteiger partial charge in [-0.15, -0.1) is 0 Å². The summed E-state index contributed by atoms with van der Waals surface area (Å²) in [4.78, 5) is 11.8. The molecule has 0 radical (unpaired) electrons. The quantitative estimate of drug-likeness (QED) is 0.902. The minimum atomic E-state index is -0.598. The van der Waals surface area contributed by atoms with Gasteiger partial charge in [-0.1, -0.05) is 0 Å². The fourth-order valence-electron chi connectivity index (χ4n) is 1.80. The first-order chi connectivity index (χ1) is 9.60. The van der Waals surface area contributed by atoms with Crippen molar-refractivity contribution in [1.82, 2.24) is 15.1 Å². The van der Waals surface area contributed by atoms with Gasteiger partial charge >= 0.3 is 0 Å². The highest BCUT2D eigenvalue weighted by Crippen LogP contribution is 2.16. The second-order valence-corrected chi connectivity index (χ2v) is 4.33. The smallest absolute Gasteiger partial charge is 0.254 e. The van der Waals surface area contributed by atoms with Gasteiger partial charge in [-0.3, -0.25) is 9.48 Å². The number of amides is 1. The Balaban J connectivity index is 1.91. The first kappa shape index (κ1) is 14.0. The number of hydrogen-bond donors (Lipinski definition) is 1. The number of carbonyl (C=O) groups excluding carboxylic acids is 1. The molecule has 1 amide bonds. The number of ether oxygens (including phenoxy) is 1. The minimum Gasteiger partial charge on any atom is -0.497 e. The van der Waals surface area contributed by atoms with Crippen LogP contribution in [0, 0.1) is 5.82 Å². The molecule has 0 atom stereocenters. The molecule has 1 heterocycles. The normalized spacial score (nSPS) is 10.3. The highest BCUT2D eigenvalue weighted by atomic mass is 19.1. The number of nitrogens with zero attached hydrogens (tertiary/aromatic N) is 2. The van der Waals surface area contributed by atoms with Crippen molar-refractivity contribution in [3.8, 4) is 5.75 Å². The Labute approximate surface area is 116 Å². The Morgan fingerprint density at radius 1 is 1.45 bits per heavy atom. The van der Waals surface area contributed by atoms with Crippen LogP contribution in [0.15, 0.2) is 30.5 Å². The number of carbonyl (C=O) groups is 1. The molecule has 6 heteroatoms. The van der Waals surface area contributed by atoms with Gasteiger partial charge in [-0.2, -0.15) is 5.10 Å². The van der Waals surface area contributed by atoms with Crippen LogP contribution in [0.1, 0.15) is 16.1 Å². The molecule has 0 saturated carbocycles. The summed E-state index contributed by atoms with van der Waals surface area (Å²) in [6.45, 7) is 0.404. The zero-order chi connectivity index (χ0) is 14.5. The molecular weight excluding hydrogens is 261 g/mol. The van der Waals surface area contributed by atoms with E-state index in [0.29, 0.717) is 18.7 Å². The van der Waals surface area contributed by atoms with E-state index in [-0.39, 0.29) is 5.56 Å². The predicted octanol–water partition coefficient (Wildman–Crippen LogP) is 1.54. The Kier molecular flexibility index (Phi) is 4.34. The van der Waals surface area contributed by atoms with E-state index in [9.17, 15) is 9.18 Å². The minimum absolute atomic E-state index is 0.00632. The average molecular weight is 277 g/mol. The number of aromatic nitrogens is 2. The number of methoxy groups -OCH3 is 1. The third-order valence-corrected chi connectivity index (χ3v) is 2.86. The number of halogens is 1. The van der Waals surface area contributed by atoms with Gasteiger partial charge in [0.15, 0.2) is 0 Å². The topological polar surface area (TPSA) is 56.1 Å². The van der Waals surface area contributed by atoms with Gasteiger partial charge in [-0.05, 0) is 18.2 Å². The summed E-state index contributed by atoms with van der Waals surface area (Å²) in [7, 11) is 3.27. The maximum absolute atomic E-state index is 13.7. The van der Waals surface area contributed by atoms with E-state index < -0.39 is 11.7 Å². The third-order valence-electron chi connectivity index (χ3n) is 2.86. The fraction of sp³-hybridized carbons (Fsp3) is 0.286. The van der Waals surface area contributed by atoms with Crippen LogP contribution in [0.4, 0.5) is 4.39 Å². The number of aryl methyl sites for hydroxylation is 1. The van der Waals surface area contributed by atoms with Gasteiger partial charge in [0.05, 0.1) is 18.4 Å². The van der Waals surface area contributed by atoms with Crippen LogP contribution < -0.4 is 10.1 Å². The molecule has 20 heavy (non-hydrogen) atoms. The lowest BCUT2D eigenvalue weighted by molar-refractivity contribution is 0.0950. The van der Waals surface area contributed by atoms with E-state index in [0.717, 1.165) is 5.69 Å². The maximum atomic E-state index is 13.7. The molecule has 1 aromatic carbocycles. The molecule has 2 aromatic rings. The molecule has 106 valence electrons. The summed E-state index contributed by atoms with van der Waals surface area (Å²) in [6, 6.07) is 6.02. The Morgan fingerprint density at radius 3 is 2.85 bits per heavy atom. The molecule has 0 aliphatic carbocycles. The molecule has 1 N–H and O–H groups in total. The predicted molar refractivity (Wildman–Crippen MR) is 72.2 cm³/mol. The lowest BCUT2D eigenvalue weighted by atomic mass is 10.2. The van der Waals surface area contributed by atoms with Gasteiger partial charge < -0.3 is 10.1 Å². The van der Waals surface area contributed by atoms with Crippen LogP contribution in [0.25, 0.3) is 0 Å².